The van der Waals surface area contributed by atoms with Crippen molar-refractivity contribution in [2.24, 2.45) is 0 Å². The number of hydrogen-bond acceptors (Lipinski definition) is 0. The molecule has 0 amide bonds. The van der Waals surface area contributed by atoms with Crippen molar-refractivity contribution in [1.29, 1.82) is 0 Å². The van der Waals surface area contributed by atoms with Crippen molar-refractivity contribution in [2.45, 2.75) is 19.3 Å². The molecule has 1 aliphatic heterocycles. The molecule has 0 fully saturated rings. The Balaban J connectivity index is 1.87. The van der Waals surface area contributed by atoms with E-state index in [4.69, 9.17) is 11.6 Å². The van der Waals surface area contributed by atoms with E-state index in [1.54, 1.807) is 0 Å². The molecule has 0 aliphatic carbocycles. The first-order valence-corrected chi connectivity index (χ1v) is 9.95. The Labute approximate surface area is 170 Å². The molecule has 0 unspecified atom stereocenters. The van der Waals surface area contributed by atoms with E-state index in [1.165, 1.54) is 39.3 Å². The summed E-state index contributed by atoms with van der Waals surface area (Å²) in [6, 6.07) is 32.1. The lowest BCUT2D eigenvalue weighted by atomic mass is 9.82. The molecule has 0 atom stereocenters. The van der Waals surface area contributed by atoms with Gasteiger partial charge in [0.25, 0.3) is 0 Å². The first-order chi connectivity index (χ1) is 13.6. The second kappa shape index (κ2) is 6.32. The summed E-state index contributed by atoms with van der Waals surface area (Å²) in [5.74, 6) is 0. The number of nitrogens with zero attached hydrogens (tertiary/aromatic N) is 1. The summed E-state index contributed by atoms with van der Waals surface area (Å²) in [4.78, 5) is 0. The van der Waals surface area contributed by atoms with Crippen LogP contribution in [0, 0.1) is 0 Å². The Kier molecular flexibility index (Phi) is 3.89. The van der Waals surface area contributed by atoms with Gasteiger partial charge < -0.3 is 0 Å². The predicted octanol–water partition coefficient (Wildman–Crippen LogP) is 6.59. The highest BCUT2D eigenvalue weighted by Gasteiger charge is 2.45. The second-order valence-corrected chi connectivity index (χ2v) is 8.30. The highest BCUT2D eigenvalue weighted by atomic mass is 35.5. The van der Waals surface area contributed by atoms with Crippen LogP contribution in [0.25, 0.3) is 28.1 Å². The highest BCUT2D eigenvalue weighted by Crippen LogP contribution is 2.42. The first-order valence-electron chi connectivity index (χ1n) is 9.57. The lowest BCUT2D eigenvalue weighted by Gasteiger charge is -2.16. The molecule has 136 valence electrons. The largest absolute Gasteiger partial charge is 0.219 e. The topological polar surface area (TPSA) is 3.88 Å². The Bertz CT molecular complexity index is 1180. The molecule has 1 aromatic heterocycles. The van der Waals surface area contributed by atoms with Crippen LogP contribution < -0.4 is 4.57 Å². The SMILES string of the molecule is CC1(C)c2cc(Cl)ccc2-[n+]2c(-c3ccccc3)cc(-c3ccccc3)cc21. The minimum absolute atomic E-state index is 0.130. The van der Waals surface area contributed by atoms with Crippen molar-refractivity contribution >= 4 is 11.6 Å². The van der Waals surface area contributed by atoms with Crippen LogP contribution in [0.4, 0.5) is 0 Å². The van der Waals surface area contributed by atoms with E-state index in [2.05, 4.69) is 103 Å². The Hall–Kier alpha value is -2.90. The zero-order valence-corrected chi connectivity index (χ0v) is 16.7. The van der Waals surface area contributed by atoms with Gasteiger partial charge >= 0.3 is 0 Å². The van der Waals surface area contributed by atoms with Gasteiger partial charge in [-0.3, -0.25) is 0 Å². The third kappa shape index (κ3) is 2.58. The van der Waals surface area contributed by atoms with Gasteiger partial charge in [-0.25, -0.2) is 0 Å². The second-order valence-electron chi connectivity index (χ2n) is 7.87. The average Bonchev–Trinajstić information content (AvgIpc) is 2.95. The zero-order valence-electron chi connectivity index (χ0n) is 16.0. The van der Waals surface area contributed by atoms with E-state index in [0.717, 1.165) is 5.02 Å². The molecule has 2 heterocycles. The quantitative estimate of drug-likeness (QED) is 0.344. The molecule has 0 bridgehead atoms. The predicted molar refractivity (Wildman–Crippen MR) is 116 cm³/mol. The van der Waals surface area contributed by atoms with Gasteiger partial charge in [-0.05, 0) is 49.2 Å². The minimum Gasteiger partial charge on any atom is -0.156 e. The summed E-state index contributed by atoms with van der Waals surface area (Å²) >= 11 is 6.37. The van der Waals surface area contributed by atoms with E-state index >= 15 is 0 Å². The zero-order chi connectivity index (χ0) is 19.3. The molecule has 3 aromatic carbocycles. The molecule has 0 spiro atoms. The van der Waals surface area contributed by atoms with Crippen molar-refractivity contribution in [1.82, 2.24) is 0 Å². The minimum atomic E-state index is -0.130. The van der Waals surface area contributed by atoms with E-state index in [0.29, 0.717) is 0 Å². The van der Waals surface area contributed by atoms with Crippen LogP contribution >= 0.6 is 11.6 Å². The molecule has 0 saturated heterocycles. The molecule has 2 heteroatoms. The van der Waals surface area contributed by atoms with E-state index in [-0.39, 0.29) is 5.41 Å². The lowest BCUT2D eigenvalue weighted by molar-refractivity contribution is -0.588. The smallest absolute Gasteiger partial charge is 0.156 e. The number of benzene rings is 3. The maximum Gasteiger partial charge on any atom is 0.219 e. The Morgan fingerprint density at radius 2 is 1.32 bits per heavy atom. The van der Waals surface area contributed by atoms with Gasteiger partial charge in [-0.2, -0.15) is 4.57 Å². The number of fused-ring (bicyclic) bond motifs is 3. The van der Waals surface area contributed by atoms with Crippen molar-refractivity contribution in [3.8, 4) is 28.1 Å². The fourth-order valence-electron chi connectivity index (χ4n) is 4.28. The van der Waals surface area contributed by atoms with Crippen LogP contribution in [0.5, 0.6) is 0 Å². The van der Waals surface area contributed by atoms with Crippen LogP contribution in [-0.4, -0.2) is 0 Å². The van der Waals surface area contributed by atoms with Crippen LogP contribution in [0.3, 0.4) is 0 Å². The fourth-order valence-corrected chi connectivity index (χ4v) is 4.45. The average molecular weight is 383 g/mol. The van der Waals surface area contributed by atoms with Crippen LogP contribution in [0.15, 0.2) is 91.0 Å². The Morgan fingerprint density at radius 3 is 2.00 bits per heavy atom. The van der Waals surface area contributed by atoms with E-state index < -0.39 is 0 Å². The molecule has 1 nitrogen and oxygen atoms in total. The number of hydrogen-bond donors (Lipinski definition) is 0. The maximum absolute atomic E-state index is 6.37. The van der Waals surface area contributed by atoms with Gasteiger partial charge in [-0.15, -0.1) is 0 Å². The molecular weight excluding hydrogens is 362 g/mol. The molecule has 0 N–H and O–H groups in total. The molecular formula is C26H21ClN+. The van der Waals surface area contributed by atoms with Crippen LogP contribution in [-0.2, 0) is 5.41 Å². The fraction of sp³-hybridized carbons (Fsp3) is 0.115. The van der Waals surface area contributed by atoms with Crippen LogP contribution in [0.2, 0.25) is 5.02 Å². The number of rotatable bonds is 2. The third-order valence-corrected chi connectivity index (χ3v) is 5.99. The molecule has 4 aromatic rings. The van der Waals surface area contributed by atoms with E-state index in [9.17, 15) is 0 Å². The van der Waals surface area contributed by atoms with Crippen molar-refractivity contribution in [3.05, 3.63) is 107 Å². The normalized spacial score (nSPS) is 13.8. The first kappa shape index (κ1) is 17.2. The number of aromatic nitrogens is 1. The molecule has 5 rings (SSSR count). The summed E-state index contributed by atoms with van der Waals surface area (Å²) < 4.78 is 2.40. The Morgan fingerprint density at radius 1 is 0.679 bits per heavy atom. The third-order valence-electron chi connectivity index (χ3n) is 5.76. The van der Waals surface area contributed by atoms with Crippen molar-refractivity contribution < 1.29 is 4.57 Å². The highest BCUT2D eigenvalue weighted by molar-refractivity contribution is 6.30. The number of pyridine rings is 1. The van der Waals surface area contributed by atoms with Crippen LogP contribution in [0.1, 0.15) is 25.1 Å². The van der Waals surface area contributed by atoms with Gasteiger partial charge in [0.2, 0.25) is 11.4 Å². The summed E-state index contributed by atoms with van der Waals surface area (Å²) in [6.07, 6.45) is 0. The monoisotopic (exact) mass is 382 g/mol. The standard InChI is InChI=1S/C26H21ClN/c1-26(2)22-17-21(27)13-14-23(22)28-24(19-11-7-4-8-12-19)15-20(16-25(26)28)18-9-5-3-6-10-18/h3-17H,1-2H3/q+1. The summed E-state index contributed by atoms with van der Waals surface area (Å²) in [6.45, 7) is 4.56. The number of halogens is 1. The van der Waals surface area contributed by atoms with Gasteiger partial charge in [0.1, 0.15) is 0 Å². The molecule has 0 saturated carbocycles. The van der Waals surface area contributed by atoms with Crippen molar-refractivity contribution in [3.63, 3.8) is 0 Å². The van der Waals surface area contributed by atoms with Gasteiger partial charge in [0.05, 0.1) is 5.41 Å². The summed E-state index contributed by atoms with van der Waals surface area (Å²) in [7, 11) is 0. The van der Waals surface area contributed by atoms with Gasteiger partial charge in [-0.1, -0.05) is 60.1 Å². The molecule has 28 heavy (non-hydrogen) atoms. The summed E-state index contributed by atoms with van der Waals surface area (Å²) in [5, 5.41) is 0.782. The summed E-state index contributed by atoms with van der Waals surface area (Å²) in [5.41, 5.74) is 8.50. The van der Waals surface area contributed by atoms with Gasteiger partial charge in [0.15, 0.2) is 5.69 Å². The van der Waals surface area contributed by atoms with Crippen molar-refractivity contribution in [2.75, 3.05) is 0 Å². The lowest BCUT2D eigenvalue weighted by Crippen LogP contribution is -2.37. The maximum atomic E-state index is 6.37. The van der Waals surface area contributed by atoms with E-state index in [1.807, 2.05) is 6.07 Å². The molecule has 0 radical (unpaired) electrons. The van der Waals surface area contributed by atoms with Gasteiger partial charge in [0, 0.05) is 34.3 Å². The molecule has 1 aliphatic rings.